The Balaban J connectivity index is 2.32. The topological polar surface area (TPSA) is 12.9 Å². The summed E-state index contributed by atoms with van der Waals surface area (Å²) < 4.78 is 0. The molecule has 1 nitrogen and oxygen atoms in total. The molecule has 0 aliphatic carbocycles. The molecule has 0 aliphatic heterocycles. The lowest BCUT2D eigenvalue weighted by Gasteiger charge is -2.14. The normalized spacial score (nSPS) is 12.9. The summed E-state index contributed by atoms with van der Waals surface area (Å²) in [5.74, 6) is 0.782. The zero-order valence-electron chi connectivity index (χ0n) is 10.7. The van der Waals surface area contributed by atoms with Crippen molar-refractivity contribution in [1.82, 2.24) is 4.98 Å². The number of unbranched alkanes of at least 4 members (excludes halogenated alkanes) is 4. The maximum absolute atomic E-state index is 4.21. The zero-order valence-corrected chi connectivity index (χ0v) is 11.6. The Bertz CT molecular complexity index is 243. The van der Waals surface area contributed by atoms with Crippen LogP contribution >= 0.6 is 11.3 Å². The molecule has 0 N–H and O–H groups in total. The van der Waals surface area contributed by atoms with Crippen LogP contribution < -0.4 is 0 Å². The second-order valence-electron chi connectivity index (χ2n) is 4.59. The Labute approximate surface area is 104 Å². The summed E-state index contributed by atoms with van der Waals surface area (Å²) in [5, 5.41) is 0. The molecule has 1 aromatic heterocycles. The standard InChI is InChI=1S/C14H25NS/c1-3-5-7-8-10-13(9-6-4-2)14-11-15-12-16-14/h11-13H,3-10H2,1-2H3. The molecule has 1 heterocycles. The molecular weight excluding hydrogens is 214 g/mol. The van der Waals surface area contributed by atoms with Crippen LogP contribution in [0.1, 0.15) is 76.0 Å². The SMILES string of the molecule is CCCCCCC(CCCC)c1cncs1. The number of thiazole rings is 1. The average molecular weight is 239 g/mol. The van der Waals surface area contributed by atoms with Crippen LogP contribution in [0.5, 0.6) is 0 Å². The van der Waals surface area contributed by atoms with E-state index >= 15 is 0 Å². The van der Waals surface area contributed by atoms with Crippen LogP contribution in [-0.4, -0.2) is 4.98 Å². The second kappa shape index (κ2) is 8.74. The van der Waals surface area contributed by atoms with E-state index in [1.807, 2.05) is 16.8 Å². The van der Waals surface area contributed by atoms with Crippen LogP contribution in [0.15, 0.2) is 11.7 Å². The largest absolute Gasteiger partial charge is 0.253 e. The highest BCUT2D eigenvalue weighted by Crippen LogP contribution is 2.30. The predicted molar refractivity (Wildman–Crippen MR) is 73.1 cm³/mol. The maximum Gasteiger partial charge on any atom is 0.0794 e. The molecule has 0 fully saturated rings. The molecule has 1 unspecified atom stereocenters. The fourth-order valence-corrected chi connectivity index (χ4v) is 2.92. The highest BCUT2D eigenvalue weighted by atomic mass is 32.1. The molecule has 92 valence electrons. The first kappa shape index (κ1) is 13.7. The summed E-state index contributed by atoms with van der Waals surface area (Å²) in [5.41, 5.74) is 1.97. The van der Waals surface area contributed by atoms with Crippen LogP contribution in [0.4, 0.5) is 0 Å². The minimum atomic E-state index is 0.782. The fraction of sp³-hybridized carbons (Fsp3) is 0.786. The smallest absolute Gasteiger partial charge is 0.0794 e. The Morgan fingerprint density at radius 3 is 2.44 bits per heavy atom. The summed E-state index contributed by atoms with van der Waals surface area (Å²) in [7, 11) is 0. The van der Waals surface area contributed by atoms with Gasteiger partial charge in [-0.1, -0.05) is 52.4 Å². The summed E-state index contributed by atoms with van der Waals surface area (Å²) in [6.45, 7) is 4.55. The van der Waals surface area contributed by atoms with Crippen LogP contribution in [-0.2, 0) is 0 Å². The zero-order chi connectivity index (χ0) is 11.6. The van der Waals surface area contributed by atoms with Crippen molar-refractivity contribution in [2.24, 2.45) is 0 Å². The van der Waals surface area contributed by atoms with Gasteiger partial charge in [0.2, 0.25) is 0 Å². The van der Waals surface area contributed by atoms with Crippen molar-refractivity contribution >= 4 is 11.3 Å². The van der Waals surface area contributed by atoms with E-state index in [0.717, 1.165) is 5.92 Å². The lowest BCUT2D eigenvalue weighted by molar-refractivity contribution is 0.514. The van der Waals surface area contributed by atoms with E-state index in [0.29, 0.717) is 0 Å². The third-order valence-electron chi connectivity index (χ3n) is 3.17. The Kier molecular flexibility index (Phi) is 7.48. The van der Waals surface area contributed by atoms with E-state index in [4.69, 9.17) is 0 Å². The molecule has 1 atom stereocenters. The number of hydrogen-bond donors (Lipinski definition) is 0. The molecule has 0 saturated carbocycles. The van der Waals surface area contributed by atoms with Crippen molar-refractivity contribution in [1.29, 1.82) is 0 Å². The van der Waals surface area contributed by atoms with Gasteiger partial charge in [0.25, 0.3) is 0 Å². The van der Waals surface area contributed by atoms with E-state index in [9.17, 15) is 0 Å². The van der Waals surface area contributed by atoms with Gasteiger partial charge in [-0.15, -0.1) is 11.3 Å². The first-order chi connectivity index (χ1) is 7.88. The second-order valence-corrected chi connectivity index (χ2v) is 5.51. The van der Waals surface area contributed by atoms with Gasteiger partial charge in [0, 0.05) is 11.1 Å². The first-order valence-corrected chi connectivity index (χ1v) is 7.64. The van der Waals surface area contributed by atoms with Crippen LogP contribution in [0, 0.1) is 0 Å². The lowest BCUT2D eigenvalue weighted by atomic mass is 9.94. The highest BCUT2D eigenvalue weighted by Gasteiger charge is 2.12. The molecule has 16 heavy (non-hydrogen) atoms. The van der Waals surface area contributed by atoms with Crippen molar-refractivity contribution in [2.45, 2.75) is 71.1 Å². The summed E-state index contributed by atoms with van der Waals surface area (Å²) in [6.07, 6.45) is 13.0. The minimum absolute atomic E-state index is 0.782. The van der Waals surface area contributed by atoms with Crippen molar-refractivity contribution in [3.8, 4) is 0 Å². The Morgan fingerprint density at radius 1 is 1.06 bits per heavy atom. The third-order valence-corrected chi connectivity index (χ3v) is 4.10. The summed E-state index contributed by atoms with van der Waals surface area (Å²) in [6, 6.07) is 0. The van der Waals surface area contributed by atoms with Crippen molar-refractivity contribution < 1.29 is 0 Å². The van der Waals surface area contributed by atoms with E-state index in [1.165, 1.54) is 56.2 Å². The molecule has 0 bridgehead atoms. The Morgan fingerprint density at radius 2 is 1.81 bits per heavy atom. The van der Waals surface area contributed by atoms with Crippen molar-refractivity contribution in [3.05, 3.63) is 16.6 Å². The summed E-state index contributed by atoms with van der Waals surface area (Å²) in [4.78, 5) is 5.72. The quantitative estimate of drug-likeness (QED) is 0.527. The van der Waals surface area contributed by atoms with Gasteiger partial charge in [-0.25, -0.2) is 0 Å². The van der Waals surface area contributed by atoms with Gasteiger partial charge in [-0.3, -0.25) is 4.98 Å². The number of hydrogen-bond acceptors (Lipinski definition) is 2. The first-order valence-electron chi connectivity index (χ1n) is 6.76. The minimum Gasteiger partial charge on any atom is -0.253 e. The van der Waals surface area contributed by atoms with E-state index < -0.39 is 0 Å². The lowest BCUT2D eigenvalue weighted by Crippen LogP contribution is -1.97. The van der Waals surface area contributed by atoms with E-state index in [2.05, 4.69) is 25.0 Å². The van der Waals surface area contributed by atoms with E-state index in [1.54, 1.807) is 0 Å². The molecule has 1 rings (SSSR count). The van der Waals surface area contributed by atoms with Gasteiger partial charge >= 0.3 is 0 Å². The molecule has 0 amide bonds. The van der Waals surface area contributed by atoms with Crippen molar-refractivity contribution in [2.75, 3.05) is 0 Å². The van der Waals surface area contributed by atoms with Gasteiger partial charge in [0.1, 0.15) is 0 Å². The highest BCUT2D eigenvalue weighted by molar-refractivity contribution is 7.09. The van der Waals surface area contributed by atoms with Gasteiger partial charge in [-0.2, -0.15) is 0 Å². The molecule has 0 spiro atoms. The van der Waals surface area contributed by atoms with Crippen LogP contribution in [0.25, 0.3) is 0 Å². The maximum atomic E-state index is 4.21. The summed E-state index contributed by atoms with van der Waals surface area (Å²) >= 11 is 1.83. The fourth-order valence-electron chi connectivity index (χ4n) is 2.12. The van der Waals surface area contributed by atoms with Crippen LogP contribution in [0.2, 0.25) is 0 Å². The molecule has 2 heteroatoms. The van der Waals surface area contributed by atoms with Crippen molar-refractivity contribution in [3.63, 3.8) is 0 Å². The molecule has 0 saturated heterocycles. The molecule has 0 aromatic carbocycles. The van der Waals surface area contributed by atoms with Gasteiger partial charge in [0.15, 0.2) is 0 Å². The monoisotopic (exact) mass is 239 g/mol. The molecule has 1 aromatic rings. The van der Waals surface area contributed by atoms with E-state index in [-0.39, 0.29) is 0 Å². The number of rotatable bonds is 9. The number of aromatic nitrogens is 1. The molecule has 0 aliphatic rings. The average Bonchev–Trinajstić information content (AvgIpc) is 2.82. The van der Waals surface area contributed by atoms with Crippen LogP contribution in [0.3, 0.4) is 0 Å². The number of nitrogens with zero attached hydrogens (tertiary/aromatic N) is 1. The predicted octanol–water partition coefficient (Wildman–Crippen LogP) is 5.39. The van der Waals surface area contributed by atoms with Gasteiger partial charge in [-0.05, 0) is 18.8 Å². The van der Waals surface area contributed by atoms with Gasteiger partial charge in [0.05, 0.1) is 5.51 Å². The van der Waals surface area contributed by atoms with Gasteiger partial charge < -0.3 is 0 Å². The molecule has 0 radical (unpaired) electrons. The third kappa shape index (κ3) is 5.11. The molecular formula is C14H25NS. The Hall–Kier alpha value is -0.370.